The van der Waals surface area contributed by atoms with Crippen molar-refractivity contribution in [3.63, 3.8) is 0 Å². The van der Waals surface area contributed by atoms with Crippen LogP contribution in [0.15, 0.2) is 48.5 Å². The van der Waals surface area contributed by atoms with E-state index in [0.29, 0.717) is 22.6 Å². The number of carbonyl (C=O) groups excluding carboxylic acids is 1. The van der Waals surface area contributed by atoms with Gasteiger partial charge in [0.25, 0.3) is 0 Å². The smallest absolute Gasteiger partial charge is 0.198 e. The van der Waals surface area contributed by atoms with Crippen LogP contribution in [0.1, 0.15) is 11.1 Å². The van der Waals surface area contributed by atoms with E-state index in [2.05, 4.69) is 0 Å². The summed E-state index contributed by atoms with van der Waals surface area (Å²) in [4.78, 5) is 12.2. The number of Topliss-reactive ketones (excluding diaryl/α,β-unsaturated/α-hetero) is 1. The van der Waals surface area contributed by atoms with E-state index in [1.54, 1.807) is 48.5 Å². The van der Waals surface area contributed by atoms with Crippen molar-refractivity contribution in [3.05, 3.63) is 59.7 Å². The maximum absolute atomic E-state index is 12.2. The van der Waals surface area contributed by atoms with Gasteiger partial charge in [0.05, 0.1) is 14.2 Å². The summed E-state index contributed by atoms with van der Waals surface area (Å²) in [6.07, 6.45) is 0. The Kier molecular flexibility index (Phi) is 4.80. The normalized spacial score (nSPS) is 11.1. The quantitative estimate of drug-likeness (QED) is 0.846. The molecule has 2 rings (SSSR count). The van der Waals surface area contributed by atoms with E-state index >= 15 is 0 Å². The molecule has 0 saturated carbocycles. The van der Waals surface area contributed by atoms with Gasteiger partial charge in [0.1, 0.15) is 18.1 Å². The van der Waals surface area contributed by atoms with E-state index in [4.69, 9.17) is 9.47 Å². The van der Waals surface area contributed by atoms with Crippen LogP contribution >= 0.6 is 0 Å². The predicted molar refractivity (Wildman–Crippen MR) is 81.1 cm³/mol. The maximum Gasteiger partial charge on any atom is 0.198 e. The molecule has 0 spiro atoms. The minimum Gasteiger partial charge on any atom is -0.497 e. The fourth-order valence-electron chi connectivity index (χ4n) is 2.27. The Bertz CT molecular complexity index is 584. The molecule has 0 saturated heterocycles. The molecule has 0 fully saturated rings. The lowest BCUT2D eigenvalue weighted by Crippen LogP contribution is -2.39. The zero-order valence-corrected chi connectivity index (χ0v) is 12.4. The number of methoxy groups -OCH3 is 2. The third-order valence-corrected chi connectivity index (χ3v) is 3.56. The summed E-state index contributed by atoms with van der Waals surface area (Å²) >= 11 is 0. The highest BCUT2D eigenvalue weighted by Gasteiger charge is 2.39. The molecule has 5 nitrogen and oxygen atoms in total. The van der Waals surface area contributed by atoms with Crippen molar-refractivity contribution in [2.75, 3.05) is 20.8 Å². The number of aliphatic hydroxyl groups excluding tert-OH is 1. The first-order valence-electron chi connectivity index (χ1n) is 6.71. The maximum atomic E-state index is 12.2. The molecule has 2 aromatic carbocycles. The van der Waals surface area contributed by atoms with Crippen LogP contribution < -0.4 is 9.47 Å². The van der Waals surface area contributed by atoms with Crippen LogP contribution in [-0.2, 0) is 10.4 Å². The number of ketones is 1. The third-order valence-electron chi connectivity index (χ3n) is 3.56. The molecule has 0 bridgehead atoms. The van der Waals surface area contributed by atoms with Crippen molar-refractivity contribution in [1.29, 1.82) is 0 Å². The SMILES string of the molecule is COc1ccc(C(O)(C(=O)CO)c2ccc(OC)cc2)cc1. The van der Waals surface area contributed by atoms with Crippen LogP contribution in [0.2, 0.25) is 0 Å². The molecule has 0 aliphatic heterocycles. The Balaban J connectivity index is 2.52. The molecule has 2 aromatic rings. The first-order valence-corrected chi connectivity index (χ1v) is 6.71. The summed E-state index contributed by atoms with van der Waals surface area (Å²) in [7, 11) is 3.06. The average Bonchev–Trinajstić information content (AvgIpc) is 2.60. The second kappa shape index (κ2) is 6.60. The van der Waals surface area contributed by atoms with Gasteiger partial charge in [-0.05, 0) is 35.4 Å². The Morgan fingerprint density at radius 1 is 0.909 bits per heavy atom. The Labute approximate surface area is 128 Å². The van der Waals surface area contributed by atoms with E-state index in [9.17, 15) is 15.0 Å². The van der Waals surface area contributed by atoms with Crippen molar-refractivity contribution in [2.45, 2.75) is 5.60 Å². The summed E-state index contributed by atoms with van der Waals surface area (Å²) in [5.41, 5.74) is -1.21. The average molecular weight is 302 g/mol. The summed E-state index contributed by atoms with van der Waals surface area (Å²) in [6, 6.07) is 13.0. The highest BCUT2D eigenvalue weighted by atomic mass is 16.5. The second-order valence-electron chi connectivity index (χ2n) is 4.75. The zero-order valence-electron chi connectivity index (χ0n) is 12.4. The molecule has 0 aromatic heterocycles. The third kappa shape index (κ3) is 2.81. The van der Waals surface area contributed by atoms with Crippen LogP contribution in [0, 0.1) is 0 Å². The van der Waals surface area contributed by atoms with Crippen LogP contribution in [-0.4, -0.2) is 36.8 Å². The second-order valence-corrected chi connectivity index (χ2v) is 4.75. The van der Waals surface area contributed by atoms with E-state index in [1.165, 1.54) is 14.2 Å². The molecular formula is C17H18O5. The lowest BCUT2D eigenvalue weighted by molar-refractivity contribution is -0.137. The van der Waals surface area contributed by atoms with Crippen molar-refractivity contribution < 1.29 is 24.5 Å². The number of hydrogen-bond acceptors (Lipinski definition) is 5. The topological polar surface area (TPSA) is 76.0 Å². The number of hydrogen-bond donors (Lipinski definition) is 2. The lowest BCUT2D eigenvalue weighted by atomic mass is 9.83. The van der Waals surface area contributed by atoms with E-state index in [-0.39, 0.29) is 0 Å². The van der Waals surface area contributed by atoms with Gasteiger partial charge in [-0.3, -0.25) is 4.79 Å². The largest absolute Gasteiger partial charge is 0.497 e. The minimum absolute atomic E-state index is 0.359. The molecule has 0 aliphatic carbocycles. The van der Waals surface area contributed by atoms with E-state index in [1.807, 2.05) is 0 Å². The zero-order chi connectivity index (χ0) is 16.2. The summed E-state index contributed by atoms with van der Waals surface area (Å²) < 4.78 is 10.1. The predicted octanol–water partition coefficient (Wildman–Crippen LogP) is 1.50. The van der Waals surface area contributed by atoms with Crippen molar-refractivity contribution >= 4 is 5.78 Å². The molecule has 22 heavy (non-hydrogen) atoms. The lowest BCUT2D eigenvalue weighted by Gasteiger charge is -2.27. The van der Waals surface area contributed by atoms with Crippen LogP contribution in [0.4, 0.5) is 0 Å². The molecule has 0 radical (unpaired) electrons. The fourth-order valence-corrected chi connectivity index (χ4v) is 2.27. The number of aliphatic hydroxyl groups is 2. The van der Waals surface area contributed by atoms with Crippen molar-refractivity contribution in [1.82, 2.24) is 0 Å². The van der Waals surface area contributed by atoms with Gasteiger partial charge in [0.2, 0.25) is 0 Å². The van der Waals surface area contributed by atoms with Gasteiger partial charge in [-0.25, -0.2) is 0 Å². The molecule has 0 aliphatic rings. The molecule has 0 heterocycles. The molecule has 0 unspecified atom stereocenters. The standard InChI is InChI=1S/C17H18O5/c1-21-14-7-3-12(4-8-14)17(20,16(19)11-18)13-5-9-15(22-2)10-6-13/h3-10,18,20H,11H2,1-2H3. The van der Waals surface area contributed by atoms with E-state index < -0.39 is 18.0 Å². The number of ether oxygens (including phenoxy) is 2. The van der Waals surface area contributed by atoms with Crippen LogP contribution in [0.3, 0.4) is 0 Å². The molecule has 5 heteroatoms. The summed E-state index contributed by atoms with van der Waals surface area (Å²) in [6.45, 7) is -0.769. The summed E-state index contributed by atoms with van der Waals surface area (Å²) in [5, 5.41) is 20.2. The first-order chi connectivity index (χ1) is 10.6. The van der Waals surface area contributed by atoms with Gasteiger partial charge in [-0.2, -0.15) is 0 Å². The highest BCUT2D eigenvalue weighted by molar-refractivity contribution is 5.92. The van der Waals surface area contributed by atoms with Gasteiger partial charge >= 0.3 is 0 Å². The molecule has 0 atom stereocenters. The van der Waals surface area contributed by atoms with Gasteiger partial charge < -0.3 is 19.7 Å². The Hall–Kier alpha value is -2.37. The van der Waals surface area contributed by atoms with Gasteiger partial charge in [-0.1, -0.05) is 24.3 Å². The Morgan fingerprint density at radius 3 is 1.55 bits per heavy atom. The number of benzene rings is 2. The van der Waals surface area contributed by atoms with E-state index in [0.717, 1.165) is 0 Å². The van der Waals surface area contributed by atoms with Gasteiger partial charge in [0, 0.05) is 0 Å². The van der Waals surface area contributed by atoms with Crippen LogP contribution in [0.5, 0.6) is 11.5 Å². The number of rotatable bonds is 6. The Morgan fingerprint density at radius 2 is 1.27 bits per heavy atom. The molecular weight excluding hydrogens is 284 g/mol. The van der Waals surface area contributed by atoms with Crippen molar-refractivity contribution in [2.24, 2.45) is 0 Å². The number of carbonyl (C=O) groups is 1. The van der Waals surface area contributed by atoms with Crippen molar-refractivity contribution in [3.8, 4) is 11.5 Å². The van der Waals surface area contributed by atoms with Gasteiger partial charge in [0.15, 0.2) is 11.4 Å². The monoisotopic (exact) mass is 302 g/mol. The van der Waals surface area contributed by atoms with Crippen LogP contribution in [0.25, 0.3) is 0 Å². The summed E-state index contributed by atoms with van der Waals surface area (Å²) in [5.74, 6) is 0.511. The van der Waals surface area contributed by atoms with Gasteiger partial charge in [-0.15, -0.1) is 0 Å². The fraction of sp³-hybridized carbons (Fsp3) is 0.235. The first kappa shape index (κ1) is 16.0. The molecule has 2 N–H and O–H groups in total. The minimum atomic E-state index is -1.92. The molecule has 116 valence electrons. The highest BCUT2D eigenvalue weighted by Crippen LogP contribution is 2.32. The molecule has 0 amide bonds.